The summed E-state index contributed by atoms with van der Waals surface area (Å²) in [7, 11) is -3.25. The molecule has 0 saturated carbocycles. The zero-order valence-corrected chi connectivity index (χ0v) is 11.5. The largest absolute Gasteiger partial charge is 0.508 e. The Morgan fingerprint density at radius 1 is 0.947 bits per heavy atom. The number of benzene rings is 2. The van der Waals surface area contributed by atoms with Crippen LogP contribution in [0.25, 0.3) is 0 Å². The lowest BCUT2D eigenvalue weighted by Crippen LogP contribution is -2.09. The smallest absolute Gasteiger partial charge is 0.178 e. The summed E-state index contributed by atoms with van der Waals surface area (Å²) < 4.78 is 24.3. The first-order chi connectivity index (χ1) is 8.97. The van der Waals surface area contributed by atoms with Crippen molar-refractivity contribution in [3.8, 4) is 5.75 Å². The van der Waals surface area contributed by atoms with Crippen molar-refractivity contribution in [2.24, 2.45) is 0 Å². The maximum atomic E-state index is 12.1. The third-order valence-corrected chi connectivity index (χ3v) is 4.71. The van der Waals surface area contributed by atoms with Crippen LogP contribution in [0.15, 0.2) is 53.4 Å². The predicted molar refractivity (Wildman–Crippen MR) is 75.0 cm³/mol. The van der Waals surface area contributed by atoms with E-state index in [0.29, 0.717) is 11.3 Å². The highest BCUT2D eigenvalue weighted by Crippen LogP contribution is 2.15. The molecule has 0 bridgehead atoms. The van der Waals surface area contributed by atoms with Gasteiger partial charge in [0.05, 0.1) is 10.6 Å². The van der Waals surface area contributed by atoms with Crippen molar-refractivity contribution in [2.45, 2.75) is 18.2 Å². The van der Waals surface area contributed by atoms with E-state index in [-0.39, 0.29) is 11.5 Å². The molecule has 0 amide bonds. The van der Waals surface area contributed by atoms with Gasteiger partial charge in [0, 0.05) is 0 Å². The molecule has 0 aromatic heterocycles. The van der Waals surface area contributed by atoms with Crippen LogP contribution in [-0.2, 0) is 16.3 Å². The fourth-order valence-corrected chi connectivity index (χ4v) is 3.07. The van der Waals surface area contributed by atoms with Crippen molar-refractivity contribution in [1.82, 2.24) is 0 Å². The van der Waals surface area contributed by atoms with Crippen LogP contribution in [0.4, 0.5) is 0 Å². The molecule has 0 unspecified atom stereocenters. The molecule has 0 aliphatic rings. The highest BCUT2D eigenvalue weighted by molar-refractivity contribution is 7.91. The summed E-state index contributed by atoms with van der Waals surface area (Å²) in [6, 6.07) is 13.5. The predicted octanol–water partition coefficient (Wildman–Crippen LogP) is 2.72. The van der Waals surface area contributed by atoms with E-state index in [1.165, 1.54) is 0 Å². The Kier molecular flexibility index (Phi) is 3.90. The van der Waals surface area contributed by atoms with Crippen LogP contribution in [0.1, 0.15) is 11.1 Å². The van der Waals surface area contributed by atoms with Crippen LogP contribution in [-0.4, -0.2) is 19.3 Å². The van der Waals surface area contributed by atoms with E-state index in [0.717, 1.165) is 11.1 Å². The average molecular weight is 276 g/mol. The lowest BCUT2D eigenvalue weighted by atomic mass is 10.2. The Bertz CT molecular complexity index is 641. The molecule has 0 heterocycles. The highest BCUT2D eigenvalue weighted by atomic mass is 32.2. The summed E-state index contributed by atoms with van der Waals surface area (Å²) >= 11 is 0. The van der Waals surface area contributed by atoms with E-state index in [1.54, 1.807) is 48.5 Å². The van der Waals surface area contributed by atoms with Gasteiger partial charge in [-0.05, 0) is 43.2 Å². The Morgan fingerprint density at radius 3 is 2.11 bits per heavy atom. The van der Waals surface area contributed by atoms with Crippen LogP contribution >= 0.6 is 0 Å². The number of hydrogen-bond acceptors (Lipinski definition) is 3. The van der Waals surface area contributed by atoms with Crippen molar-refractivity contribution >= 4 is 9.84 Å². The summed E-state index contributed by atoms with van der Waals surface area (Å²) in [4.78, 5) is 0.358. The first kappa shape index (κ1) is 13.6. The van der Waals surface area contributed by atoms with Crippen molar-refractivity contribution in [1.29, 1.82) is 0 Å². The number of aryl methyl sites for hydroxylation is 2. The minimum atomic E-state index is -3.25. The van der Waals surface area contributed by atoms with E-state index >= 15 is 0 Å². The van der Waals surface area contributed by atoms with E-state index in [2.05, 4.69) is 0 Å². The zero-order chi connectivity index (χ0) is 13.9. The molecule has 0 spiro atoms. The summed E-state index contributed by atoms with van der Waals surface area (Å²) in [5.41, 5.74) is 1.94. The lowest BCUT2D eigenvalue weighted by Gasteiger charge is -2.05. The van der Waals surface area contributed by atoms with Gasteiger partial charge in [-0.25, -0.2) is 8.42 Å². The SMILES string of the molecule is Cc1ccc(S(=O)(=O)CCc2ccc(O)cc2)cc1. The van der Waals surface area contributed by atoms with Gasteiger partial charge in [-0.15, -0.1) is 0 Å². The van der Waals surface area contributed by atoms with Crippen molar-refractivity contribution in [3.63, 3.8) is 0 Å². The zero-order valence-electron chi connectivity index (χ0n) is 10.7. The van der Waals surface area contributed by atoms with Gasteiger partial charge < -0.3 is 5.11 Å². The number of rotatable bonds is 4. The molecule has 100 valence electrons. The van der Waals surface area contributed by atoms with Crippen molar-refractivity contribution in [3.05, 3.63) is 59.7 Å². The second-order valence-electron chi connectivity index (χ2n) is 4.55. The molecular weight excluding hydrogens is 260 g/mol. The third kappa shape index (κ3) is 3.58. The topological polar surface area (TPSA) is 54.4 Å². The average Bonchev–Trinajstić information content (AvgIpc) is 2.39. The minimum Gasteiger partial charge on any atom is -0.508 e. The lowest BCUT2D eigenvalue weighted by molar-refractivity contribution is 0.475. The summed E-state index contributed by atoms with van der Waals surface area (Å²) in [5.74, 6) is 0.256. The maximum Gasteiger partial charge on any atom is 0.178 e. The van der Waals surface area contributed by atoms with Gasteiger partial charge in [-0.1, -0.05) is 29.8 Å². The monoisotopic (exact) mass is 276 g/mol. The molecule has 2 rings (SSSR count). The van der Waals surface area contributed by atoms with Crippen LogP contribution in [0, 0.1) is 6.92 Å². The van der Waals surface area contributed by atoms with Crippen LogP contribution in [0.5, 0.6) is 5.75 Å². The van der Waals surface area contributed by atoms with Gasteiger partial charge in [-0.2, -0.15) is 0 Å². The van der Waals surface area contributed by atoms with Gasteiger partial charge in [0.15, 0.2) is 9.84 Å². The summed E-state index contributed by atoms with van der Waals surface area (Å²) in [6.45, 7) is 1.92. The van der Waals surface area contributed by atoms with Crippen LogP contribution in [0.2, 0.25) is 0 Å². The van der Waals surface area contributed by atoms with Gasteiger partial charge >= 0.3 is 0 Å². The number of phenolic OH excluding ortho intramolecular Hbond substituents is 1. The van der Waals surface area contributed by atoms with E-state index in [1.807, 2.05) is 6.92 Å². The second kappa shape index (κ2) is 5.45. The van der Waals surface area contributed by atoms with Crippen molar-refractivity contribution in [2.75, 3.05) is 5.75 Å². The van der Waals surface area contributed by atoms with E-state index in [4.69, 9.17) is 0 Å². The number of sulfone groups is 1. The quantitative estimate of drug-likeness (QED) is 0.934. The number of aromatic hydroxyl groups is 1. The molecule has 0 fully saturated rings. The molecule has 2 aromatic carbocycles. The Hall–Kier alpha value is -1.81. The molecule has 0 aliphatic heterocycles. The molecule has 1 N–H and O–H groups in total. The fourth-order valence-electron chi connectivity index (χ4n) is 1.78. The first-order valence-electron chi connectivity index (χ1n) is 6.05. The molecule has 0 saturated heterocycles. The standard InChI is InChI=1S/C15H16O3S/c1-12-2-8-15(9-3-12)19(17,18)11-10-13-4-6-14(16)7-5-13/h2-9,16H,10-11H2,1H3. The highest BCUT2D eigenvalue weighted by Gasteiger charge is 2.13. The molecule has 0 radical (unpaired) electrons. The molecule has 0 aliphatic carbocycles. The molecule has 3 nitrogen and oxygen atoms in total. The number of phenols is 1. The van der Waals surface area contributed by atoms with Gasteiger partial charge in [0.1, 0.15) is 5.75 Å². The van der Waals surface area contributed by atoms with Crippen molar-refractivity contribution < 1.29 is 13.5 Å². The summed E-state index contributed by atoms with van der Waals surface area (Å²) in [5, 5.41) is 9.17. The van der Waals surface area contributed by atoms with Crippen LogP contribution in [0.3, 0.4) is 0 Å². The number of hydrogen-bond donors (Lipinski definition) is 1. The maximum absolute atomic E-state index is 12.1. The molecular formula is C15H16O3S. The fraction of sp³-hybridized carbons (Fsp3) is 0.200. The molecule has 0 atom stereocenters. The summed E-state index contributed by atoms with van der Waals surface area (Å²) in [6.07, 6.45) is 0.441. The Balaban J connectivity index is 2.09. The minimum absolute atomic E-state index is 0.0703. The Labute approximate surface area is 113 Å². The van der Waals surface area contributed by atoms with Gasteiger partial charge in [0.25, 0.3) is 0 Å². The van der Waals surface area contributed by atoms with E-state index < -0.39 is 9.84 Å². The molecule has 2 aromatic rings. The molecule has 19 heavy (non-hydrogen) atoms. The second-order valence-corrected chi connectivity index (χ2v) is 6.66. The Morgan fingerprint density at radius 2 is 1.53 bits per heavy atom. The van der Waals surface area contributed by atoms with Gasteiger partial charge in [-0.3, -0.25) is 0 Å². The first-order valence-corrected chi connectivity index (χ1v) is 7.70. The third-order valence-electron chi connectivity index (χ3n) is 2.98. The van der Waals surface area contributed by atoms with Crippen LogP contribution < -0.4 is 0 Å². The van der Waals surface area contributed by atoms with Gasteiger partial charge in [0.2, 0.25) is 0 Å². The molecule has 4 heteroatoms. The van der Waals surface area contributed by atoms with E-state index in [9.17, 15) is 13.5 Å². The normalized spacial score (nSPS) is 11.4.